The third kappa shape index (κ3) is 2.81. The van der Waals surface area contributed by atoms with E-state index in [9.17, 15) is 14.0 Å². The summed E-state index contributed by atoms with van der Waals surface area (Å²) >= 11 is 0. The van der Waals surface area contributed by atoms with Gasteiger partial charge in [0.2, 0.25) is 0 Å². The summed E-state index contributed by atoms with van der Waals surface area (Å²) < 4.78 is 13.8. The summed E-state index contributed by atoms with van der Waals surface area (Å²) in [5.41, 5.74) is -0.413. The van der Waals surface area contributed by atoms with E-state index in [4.69, 9.17) is 0 Å². The van der Waals surface area contributed by atoms with Crippen LogP contribution in [0.1, 0.15) is 0 Å². The maximum atomic E-state index is 13.8. The highest BCUT2D eigenvalue weighted by atomic mass is 19.1. The number of rotatable bonds is 4. The molecule has 1 aromatic heterocycles. The summed E-state index contributed by atoms with van der Waals surface area (Å²) in [4.78, 5) is 32.4. The van der Waals surface area contributed by atoms with Gasteiger partial charge in [-0.2, -0.15) is 0 Å². The second kappa shape index (κ2) is 6.59. The third-order valence-corrected chi connectivity index (χ3v) is 4.59. The van der Waals surface area contributed by atoms with Gasteiger partial charge in [0.05, 0.1) is 5.69 Å². The van der Waals surface area contributed by atoms with Gasteiger partial charge in [0.25, 0.3) is 10.9 Å². The Hall–Kier alpha value is -3.22. The Balaban J connectivity index is 1.51. The normalized spacial score (nSPS) is 14.7. The first-order valence-corrected chi connectivity index (χ1v) is 8.41. The lowest BCUT2D eigenvalue weighted by atomic mass is 10.1. The lowest BCUT2D eigenvalue weighted by Gasteiger charge is -2.37. The molecule has 3 aromatic rings. The predicted octanol–water partition coefficient (Wildman–Crippen LogP) is 1.89. The standard InChI is InChI=1S/C19H17FN4O2/c20-13-5-1-2-6-14(13)22-16-17(19(26)18(16)25)24-11-9-23(10-12-24)15-7-3-4-8-21-15/h1-8,22H,9-12H2. The van der Waals surface area contributed by atoms with Gasteiger partial charge in [0, 0.05) is 32.4 Å². The van der Waals surface area contributed by atoms with Gasteiger partial charge < -0.3 is 15.1 Å². The lowest BCUT2D eigenvalue weighted by Crippen LogP contribution is -2.51. The van der Waals surface area contributed by atoms with E-state index in [0.717, 1.165) is 5.82 Å². The fourth-order valence-electron chi connectivity index (χ4n) is 3.19. The van der Waals surface area contributed by atoms with E-state index < -0.39 is 16.7 Å². The zero-order valence-corrected chi connectivity index (χ0v) is 14.0. The van der Waals surface area contributed by atoms with Crippen molar-refractivity contribution in [2.24, 2.45) is 0 Å². The van der Waals surface area contributed by atoms with Gasteiger partial charge >= 0.3 is 0 Å². The van der Waals surface area contributed by atoms with Crippen LogP contribution >= 0.6 is 0 Å². The number of aromatic nitrogens is 1. The van der Waals surface area contributed by atoms with E-state index in [2.05, 4.69) is 15.2 Å². The Morgan fingerprint density at radius 3 is 2.27 bits per heavy atom. The molecule has 1 saturated heterocycles. The number of anilines is 4. The molecule has 0 atom stereocenters. The Labute approximate surface area is 149 Å². The summed E-state index contributed by atoms with van der Waals surface area (Å²) in [6.45, 7) is 2.56. The number of benzene rings is 1. The fraction of sp³-hybridized carbons (Fsp3) is 0.211. The number of hydrogen-bond acceptors (Lipinski definition) is 6. The van der Waals surface area contributed by atoms with Crippen molar-refractivity contribution < 1.29 is 4.39 Å². The Bertz CT molecular complexity index is 990. The molecule has 0 aliphatic carbocycles. The number of hydrogen-bond donors (Lipinski definition) is 1. The second-order valence-corrected chi connectivity index (χ2v) is 6.15. The summed E-state index contributed by atoms with van der Waals surface area (Å²) in [7, 11) is 0. The molecule has 0 saturated carbocycles. The van der Waals surface area contributed by atoms with Crippen molar-refractivity contribution in [2.75, 3.05) is 41.3 Å². The summed E-state index contributed by atoms with van der Waals surface area (Å²) in [5, 5.41) is 2.78. The van der Waals surface area contributed by atoms with Crippen LogP contribution in [0.25, 0.3) is 0 Å². The van der Waals surface area contributed by atoms with Crippen LogP contribution < -0.4 is 26.0 Å². The number of pyridine rings is 1. The first-order valence-electron chi connectivity index (χ1n) is 8.41. The van der Waals surface area contributed by atoms with Crippen molar-refractivity contribution in [2.45, 2.75) is 0 Å². The number of halogens is 1. The molecule has 1 fully saturated rings. The molecule has 132 valence electrons. The molecule has 0 radical (unpaired) electrons. The van der Waals surface area contributed by atoms with Crippen LogP contribution in [0.2, 0.25) is 0 Å². The van der Waals surface area contributed by atoms with E-state index in [1.54, 1.807) is 18.3 Å². The van der Waals surface area contributed by atoms with Gasteiger partial charge in [-0.25, -0.2) is 9.37 Å². The molecular formula is C19H17FN4O2. The largest absolute Gasteiger partial charge is 0.363 e. The number of nitrogens with one attached hydrogen (secondary N) is 1. The maximum Gasteiger partial charge on any atom is 0.253 e. The molecule has 1 N–H and O–H groups in total. The van der Waals surface area contributed by atoms with Gasteiger partial charge in [0.15, 0.2) is 0 Å². The minimum Gasteiger partial charge on any atom is -0.363 e. The summed E-state index contributed by atoms with van der Waals surface area (Å²) in [6, 6.07) is 11.8. The number of nitrogens with zero attached hydrogens (tertiary/aromatic N) is 3. The lowest BCUT2D eigenvalue weighted by molar-refractivity contribution is 0.631. The van der Waals surface area contributed by atoms with E-state index >= 15 is 0 Å². The molecule has 4 rings (SSSR count). The van der Waals surface area contributed by atoms with Crippen LogP contribution in [0.5, 0.6) is 0 Å². The number of para-hydroxylation sites is 1. The minimum absolute atomic E-state index is 0.173. The van der Waals surface area contributed by atoms with E-state index in [-0.39, 0.29) is 11.4 Å². The molecule has 0 unspecified atom stereocenters. The highest BCUT2D eigenvalue weighted by Crippen LogP contribution is 2.27. The van der Waals surface area contributed by atoms with Gasteiger partial charge in [0.1, 0.15) is 23.0 Å². The third-order valence-electron chi connectivity index (χ3n) is 4.59. The average molecular weight is 352 g/mol. The summed E-state index contributed by atoms with van der Waals surface area (Å²) in [5.74, 6) is 0.424. The predicted molar refractivity (Wildman–Crippen MR) is 99.7 cm³/mol. The smallest absolute Gasteiger partial charge is 0.253 e. The SMILES string of the molecule is O=c1c(Nc2ccccc2F)c(N2CCN(c3ccccn3)CC2)c1=O. The Morgan fingerprint density at radius 2 is 1.58 bits per heavy atom. The molecule has 6 nitrogen and oxygen atoms in total. The quantitative estimate of drug-likeness (QED) is 0.724. The Morgan fingerprint density at radius 1 is 0.885 bits per heavy atom. The fourth-order valence-corrected chi connectivity index (χ4v) is 3.19. The molecule has 2 aromatic carbocycles. The van der Waals surface area contributed by atoms with Crippen molar-refractivity contribution in [1.29, 1.82) is 0 Å². The molecule has 0 amide bonds. The molecular weight excluding hydrogens is 335 g/mol. The first kappa shape index (κ1) is 16.3. The molecule has 1 aliphatic rings. The van der Waals surface area contributed by atoms with Crippen molar-refractivity contribution in [3.8, 4) is 0 Å². The summed E-state index contributed by atoms with van der Waals surface area (Å²) in [6.07, 6.45) is 1.74. The second-order valence-electron chi connectivity index (χ2n) is 6.15. The van der Waals surface area contributed by atoms with Crippen LogP contribution in [0.4, 0.5) is 27.3 Å². The van der Waals surface area contributed by atoms with Crippen LogP contribution in [0, 0.1) is 5.82 Å². The van der Waals surface area contributed by atoms with Crippen molar-refractivity contribution in [3.63, 3.8) is 0 Å². The van der Waals surface area contributed by atoms with Crippen LogP contribution in [0.3, 0.4) is 0 Å². The van der Waals surface area contributed by atoms with Gasteiger partial charge in [-0.05, 0) is 24.3 Å². The van der Waals surface area contributed by atoms with Crippen molar-refractivity contribution in [1.82, 2.24) is 4.98 Å². The molecule has 1 aliphatic heterocycles. The number of piperazine rings is 1. The van der Waals surface area contributed by atoms with Gasteiger partial charge in [-0.3, -0.25) is 9.59 Å². The highest BCUT2D eigenvalue weighted by Gasteiger charge is 2.29. The molecule has 0 spiro atoms. The maximum absolute atomic E-state index is 13.8. The Kier molecular flexibility index (Phi) is 4.12. The van der Waals surface area contributed by atoms with Crippen LogP contribution in [-0.4, -0.2) is 31.2 Å². The zero-order valence-electron chi connectivity index (χ0n) is 14.0. The average Bonchev–Trinajstić information content (AvgIpc) is 2.70. The van der Waals surface area contributed by atoms with Crippen molar-refractivity contribution >= 4 is 22.9 Å². The van der Waals surface area contributed by atoms with Gasteiger partial charge in [-0.15, -0.1) is 0 Å². The van der Waals surface area contributed by atoms with Crippen LogP contribution in [0.15, 0.2) is 58.3 Å². The zero-order chi connectivity index (χ0) is 18.1. The minimum atomic E-state index is -0.601. The highest BCUT2D eigenvalue weighted by molar-refractivity contribution is 5.80. The van der Waals surface area contributed by atoms with E-state index in [0.29, 0.717) is 31.9 Å². The monoisotopic (exact) mass is 352 g/mol. The molecule has 0 bridgehead atoms. The molecule has 26 heavy (non-hydrogen) atoms. The molecule has 2 heterocycles. The van der Waals surface area contributed by atoms with Crippen molar-refractivity contribution in [3.05, 3.63) is 74.9 Å². The van der Waals surface area contributed by atoms with E-state index in [1.165, 1.54) is 12.1 Å². The first-order chi connectivity index (χ1) is 12.6. The topological polar surface area (TPSA) is 65.5 Å². The van der Waals surface area contributed by atoms with Gasteiger partial charge in [-0.1, -0.05) is 18.2 Å². The van der Waals surface area contributed by atoms with E-state index in [1.807, 2.05) is 23.1 Å². The molecule has 7 heteroatoms. The van der Waals surface area contributed by atoms with Crippen LogP contribution in [-0.2, 0) is 0 Å².